The monoisotopic (exact) mass is 479 g/mol. The molecule has 8 nitrogen and oxygen atoms in total. The fraction of sp³-hybridized carbons (Fsp3) is 0.192. The molecule has 0 aliphatic heterocycles. The third kappa shape index (κ3) is 8.47. The first-order chi connectivity index (χ1) is 16.9. The van der Waals surface area contributed by atoms with Crippen molar-refractivity contribution >= 4 is 18.0 Å². The van der Waals surface area contributed by atoms with E-state index < -0.39 is 11.8 Å². The lowest BCUT2D eigenvalue weighted by Crippen LogP contribution is -2.37. The van der Waals surface area contributed by atoms with Gasteiger partial charge in [-0.2, -0.15) is 5.10 Å². The van der Waals surface area contributed by atoms with E-state index in [-0.39, 0.29) is 25.6 Å². The minimum Gasteiger partial charge on any atom is -0.493 e. The maximum Gasteiger partial charge on any atom is 0.259 e. The molecule has 3 aromatic rings. The van der Waals surface area contributed by atoms with Crippen molar-refractivity contribution in [1.82, 2.24) is 10.7 Å². The topological polar surface area (TPSA) is 98.2 Å². The maximum absolute atomic E-state index is 13.0. The number of carbonyl (C=O) groups excluding carboxylic acids is 2. The van der Waals surface area contributed by atoms with Crippen LogP contribution in [-0.2, 0) is 16.2 Å². The van der Waals surface area contributed by atoms with E-state index in [2.05, 4.69) is 15.8 Å². The molecule has 182 valence electrons. The Labute approximate surface area is 202 Å². The summed E-state index contributed by atoms with van der Waals surface area (Å²) >= 11 is 0. The second-order valence-electron chi connectivity index (χ2n) is 7.50. The number of nitrogens with one attached hydrogen (secondary N) is 2. The smallest absolute Gasteiger partial charge is 0.259 e. The summed E-state index contributed by atoms with van der Waals surface area (Å²) in [6.45, 7) is 1.76. The van der Waals surface area contributed by atoms with Gasteiger partial charge in [-0.3, -0.25) is 9.59 Å². The van der Waals surface area contributed by atoms with E-state index in [1.54, 1.807) is 42.5 Å². The van der Waals surface area contributed by atoms with E-state index in [1.807, 2.05) is 19.1 Å². The van der Waals surface area contributed by atoms with Crippen molar-refractivity contribution < 1.29 is 28.2 Å². The lowest BCUT2D eigenvalue weighted by atomic mass is 10.2. The number of benzene rings is 3. The first-order valence-electron chi connectivity index (χ1n) is 10.8. The average Bonchev–Trinajstić information content (AvgIpc) is 2.87. The molecule has 3 rings (SSSR count). The maximum atomic E-state index is 13.0. The van der Waals surface area contributed by atoms with E-state index in [9.17, 15) is 14.0 Å². The van der Waals surface area contributed by atoms with Gasteiger partial charge < -0.3 is 19.5 Å². The van der Waals surface area contributed by atoms with Crippen LogP contribution in [-0.4, -0.2) is 38.3 Å². The highest BCUT2D eigenvalue weighted by atomic mass is 19.1. The van der Waals surface area contributed by atoms with Crippen LogP contribution in [0, 0.1) is 12.7 Å². The number of halogens is 1. The van der Waals surface area contributed by atoms with Crippen LogP contribution in [0.4, 0.5) is 4.39 Å². The third-order valence-corrected chi connectivity index (χ3v) is 4.74. The minimum absolute atomic E-state index is 0.199. The molecule has 9 heteroatoms. The molecule has 0 unspecified atom stereocenters. The Morgan fingerprint density at radius 1 is 0.943 bits per heavy atom. The summed E-state index contributed by atoms with van der Waals surface area (Å²) in [6, 6.07) is 18.5. The van der Waals surface area contributed by atoms with Crippen LogP contribution in [0.2, 0.25) is 0 Å². The number of carbonyl (C=O) groups is 2. The molecule has 0 saturated carbocycles. The predicted octanol–water partition coefficient (Wildman–Crippen LogP) is 3.37. The molecule has 35 heavy (non-hydrogen) atoms. The van der Waals surface area contributed by atoms with E-state index in [0.29, 0.717) is 22.8 Å². The number of hydrazone groups is 1. The predicted molar refractivity (Wildman–Crippen MR) is 129 cm³/mol. The summed E-state index contributed by atoms with van der Waals surface area (Å²) in [6.07, 6.45) is 1.44. The van der Waals surface area contributed by atoms with Crippen molar-refractivity contribution in [2.75, 3.05) is 20.3 Å². The number of hydrogen-bond acceptors (Lipinski definition) is 6. The molecule has 0 saturated heterocycles. The van der Waals surface area contributed by atoms with E-state index in [4.69, 9.17) is 14.2 Å². The Kier molecular flexibility index (Phi) is 9.18. The molecule has 0 aliphatic rings. The highest BCUT2D eigenvalue weighted by Gasteiger charge is 2.08. The summed E-state index contributed by atoms with van der Waals surface area (Å²) in [4.78, 5) is 23.8. The minimum atomic E-state index is -0.490. The summed E-state index contributed by atoms with van der Waals surface area (Å²) in [5.74, 6) is 0.331. The Balaban J connectivity index is 1.42. The lowest BCUT2D eigenvalue weighted by Gasteiger charge is -2.11. The quantitative estimate of drug-likeness (QED) is 0.325. The molecule has 0 spiro atoms. The van der Waals surface area contributed by atoms with Crippen LogP contribution in [0.3, 0.4) is 0 Å². The van der Waals surface area contributed by atoms with Crippen LogP contribution in [0.5, 0.6) is 17.2 Å². The zero-order valence-corrected chi connectivity index (χ0v) is 19.4. The van der Waals surface area contributed by atoms with Crippen molar-refractivity contribution in [1.29, 1.82) is 0 Å². The number of aryl methyl sites for hydroxylation is 1. The molecule has 0 aromatic heterocycles. The van der Waals surface area contributed by atoms with Gasteiger partial charge in [0.25, 0.3) is 11.8 Å². The molecule has 0 aliphatic carbocycles. The van der Waals surface area contributed by atoms with Crippen LogP contribution < -0.4 is 25.0 Å². The number of amides is 2. The Hall–Kier alpha value is -4.40. The second-order valence-corrected chi connectivity index (χ2v) is 7.50. The largest absolute Gasteiger partial charge is 0.493 e. The van der Waals surface area contributed by atoms with Gasteiger partial charge in [0.05, 0.1) is 19.9 Å². The van der Waals surface area contributed by atoms with Crippen LogP contribution >= 0.6 is 0 Å². The van der Waals surface area contributed by atoms with Crippen LogP contribution in [0.25, 0.3) is 0 Å². The van der Waals surface area contributed by atoms with Gasteiger partial charge in [-0.15, -0.1) is 0 Å². The molecule has 0 atom stereocenters. The Morgan fingerprint density at radius 3 is 2.40 bits per heavy atom. The fourth-order valence-electron chi connectivity index (χ4n) is 2.86. The highest BCUT2D eigenvalue weighted by Crippen LogP contribution is 2.28. The van der Waals surface area contributed by atoms with Crippen molar-refractivity contribution in [2.24, 2.45) is 5.10 Å². The fourth-order valence-corrected chi connectivity index (χ4v) is 2.86. The summed E-state index contributed by atoms with van der Waals surface area (Å²) in [5.41, 5.74) is 4.90. The molecule has 2 N–H and O–H groups in total. The van der Waals surface area contributed by atoms with Crippen LogP contribution in [0.15, 0.2) is 71.8 Å². The average molecular weight is 480 g/mol. The molecule has 0 fully saturated rings. The van der Waals surface area contributed by atoms with Crippen molar-refractivity contribution in [3.63, 3.8) is 0 Å². The van der Waals surface area contributed by atoms with Crippen LogP contribution in [0.1, 0.15) is 16.7 Å². The SMILES string of the molecule is COc1cc(C=NNC(=O)CNC(=O)COc2ccc(C)cc2)ccc1OCc1ccc(F)cc1. The van der Waals surface area contributed by atoms with Gasteiger partial charge in [0.2, 0.25) is 0 Å². The van der Waals surface area contributed by atoms with E-state index >= 15 is 0 Å². The lowest BCUT2D eigenvalue weighted by molar-refractivity contribution is -0.127. The molecular weight excluding hydrogens is 453 g/mol. The van der Waals surface area contributed by atoms with Gasteiger partial charge in [0.15, 0.2) is 18.1 Å². The van der Waals surface area contributed by atoms with Gasteiger partial charge in [-0.25, -0.2) is 9.82 Å². The molecular formula is C26H26FN3O5. The summed E-state index contributed by atoms with van der Waals surface area (Å²) < 4.78 is 29.5. The summed E-state index contributed by atoms with van der Waals surface area (Å²) in [7, 11) is 1.51. The van der Waals surface area contributed by atoms with Gasteiger partial charge >= 0.3 is 0 Å². The zero-order valence-electron chi connectivity index (χ0n) is 19.4. The third-order valence-electron chi connectivity index (χ3n) is 4.74. The Bertz CT molecular complexity index is 1160. The molecule has 3 aromatic carbocycles. The number of nitrogens with zero attached hydrogens (tertiary/aromatic N) is 1. The van der Waals surface area contributed by atoms with Gasteiger partial charge in [-0.1, -0.05) is 29.8 Å². The first kappa shape index (κ1) is 25.2. The Morgan fingerprint density at radius 2 is 1.69 bits per heavy atom. The molecule has 0 bridgehead atoms. The second kappa shape index (κ2) is 12.7. The molecule has 0 radical (unpaired) electrons. The molecule has 0 heterocycles. The summed E-state index contributed by atoms with van der Waals surface area (Å²) in [5, 5.41) is 6.35. The standard InChI is InChI=1S/C26H26FN3O5/c1-18-3-10-22(11-4-18)34-17-26(32)28-15-25(31)30-29-14-20-7-12-23(24(13-20)33-2)35-16-19-5-8-21(27)9-6-19/h3-14H,15-17H2,1-2H3,(H,28,32)(H,30,31). The number of rotatable bonds is 11. The van der Waals surface area contributed by atoms with Crippen molar-refractivity contribution in [3.8, 4) is 17.2 Å². The van der Waals surface area contributed by atoms with Gasteiger partial charge in [0.1, 0.15) is 18.2 Å². The number of methoxy groups -OCH3 is 1. The van der Waals surface area contributed by atoms with Gasteiger partial charge in [0, 0.05) is 0 Å². The van der Waals surface area contributed by atoms with Crippen molar-refractivity contribution in [3.05, 3.63) is 89.2 Å². The number of ether oxygens (including phenoxy) is 3. The first-order valence-corrected chi connectivity index (χ1v) is 10.8. The van der Waals surface area contributed by atoms with E-state index in [1.165, 1.54) is 25.5 Å². The van der Waals surface area contributed by atoms with Gasteiger partial charge in [-0.05, 0) is 60.5 Å². The van der Waals surface area contributed by atoms with Crippen molar-refractivity contribution in [2.45, 2.75) is 13.5 Å². The zero-order chi connectivity index (χ0) is 25.0. The number of hydrogen-bond donors (Lipinski definition) is 2. The highest BCUT2D eigenvalue weighted by molar-refractivity contribution is 5.87. The normalized spacial score (nSPS) is 10.6. The molecule has 2 amide bonds. The van der Waals surface area contributed by atoms with E-state index in [0.717, 1.165) is 11.1 Å².